The molecular formula is C13H17NO5S. The molecule has 1 aliphatic rings. The minimum atomic E-state index is -3.77. The van der Waals surface area contributed by atoms with E-state index in [2.05, 4.69) is 0 Å². The number of rotatable bonds is 5. The van der Waals surface area contributed by atoms with Crippen molar-refractivity contribution in [2.45, 2.75) is 19.0 Å². The largest absolute Gasteiger partial charge is 0.497 e. The monoisotopic (exact) mass is 301 g/mol. The third kappa shape index (κ3) is 3.71. The van der Waals surface area contributed by atoms with Gasteiger partial charge in [-0.05, 0) is 17.7 Å². The lowest BCUT2D eigenvalue weighted by Crippen LogP contribution is -2.31. The van der Waals surface area contributed by atoms with Gasteiger partial charge in [0.2, 0.25) is 0 Å². The highest BCUT2D eigenvalue weighted by atomic mass is 32.2. The van der Waals surface area contributed by atoms with Crippen molar-refractivity contribution >= 4 is 16.0 Å². The second-order valence-corrected chi connectivity index (χ2v) is 6.01. The minimum absolute atomic E-state index is 0.0814. The van der Waals surface area contributed by atoms with Crippen molar-refractivity contribution in [3.63, 3.8) is 0 Å². The Kier molecular flexibility index (Phi) is 3.53. The van der Waals surface area contributed by atoms with E-state index in [-0.39, 0.29) is 18.5 Å². The summed E-state index contributed by atoms with van der Waals surface area (Å²) in [4.78, 5) is 13.2. The molecule has 0 unspecified atom stereocenters. The molecule has 1 heterocycles. The van der Waals surface area contributed by atoms with Crippen LogP contribution in [0, 0.1) is 0 Å². The molecule has 6 nitrogen and oxygen atoms in total. The number of methoxy groups -OCH3 is 1. The predicted octanol–water partition coefficient (Wildman–Crippen LogP) is 0.772. The third-order valence-corrected chi connectivity index (χ3v) is 3.38. The average Bonchev–Trinajstić information content (AvgIpc) is 2.79. The van der Waals surface area contributed by atoms with E-state index in [0.29, 0.717) is 5.75 Å². The van der Waals surface area contributed by atoms with Gasteiger partial charge in [0.15, 0.2) is 6.10 Å². The number of benzene rings is 1. The van der Waals surface area contributed by atoms with Crippen molar-refractivity contribution < 1.29 is 24.9 Å². The highest BCUT2D eigenvalue weighted by Crippen LogP contribution is 2.20. The first kappa shape index (κ1) is 12.2. The molecule has 1 fully saturated rings. The van der Waals surface area contributed by atoms with Gasteiger partial charge in [-0.1, -0.05) is 12.1 Å². The molecule has 0 bridgehead atoms. The Morgan fingerprint density at radius 2 is 2.05 bits per heavy atom. The molecule has 20 heavy (non-hydrogen) atoms. The molecule has 1 atom stereocenters. The van der Waals surface area contributed by atoms with Crippen molar-refractivity contribution in [3.05, 3.63) is 29.8 Å². The standard InChI is InChI=1S/C13H17NO5S/c1-18-11-5-3-10(4-6-11)9-14-8-7-12(13(14)15)19-20(2,16)17/h3-6,12H,7-9H2,1-2H3/t12-/m0/s1/i9D2. The molecule has 1 aliphatic heterocycles. The summed E-state index contributed by atoms with van der Waals surface area (Å²) in [5.41, 5.74) is 0.279. The molecule has 2 rings (SSSR count). The van der Waals surface area contributed by atoms with E-state index in [9.17, 15) is 13.2 Å². The molecule has 0 radical (unpaired) electrons. The van der Waals surface area contributed by atoms with Gasteiger partial charge in [0.25, 0.3) is 16.0 Å². The lowest BCUT2D eigenvalue weighted by Gasteiger charge is -2.16. The normalized spacial score (nSPS) is 21.6. The van der Waals surface area contributed by atoms with Crippen LogP contribution in [0.4, 0.5) is 0 Å². The van der Waals surface area contributed by atoms with Crippen molar-refractivity contribution in [1.29, 1.82) is 0 Å². The Labute approximate surface area is 121 Å². The zero-order chi connectivity index (χ0) is 16.5. The van der Waals surface area contributed by atoms with E-state index in [1.54, 1.807) is 12.1 Å². The number of nitrogens with zero attached hydrogens (tertiary/aromatic N) is 1. The van der Waals surface area contributed by atoms with Crippen LogP contribution in [-0.2, 0) is 25.6 Å². The summed E-state index contributed by atoms with van der Waals surface area (Å²) < 4.78 is 48.3. The molecule has 0 N–H and O–H groups in total. The Hall–Kier alpha value is -1.60. The second kappa shape index (κ2) is 5.80. The summed E-state index contributed by atoms with van der Waals surface area (Å²) in [5.74, 6) is -0.100. The summed E-state index contributed by atoms with van der Waals surface area (Å²) in [7, 11) is -2.27. The molecular weight excluding hydrogens is 282 g/mol. The van der Waals surface area contributed by atoms with Crippen molar-refractivity contribution in [2.24, 2.45) is 0 Å². The van der Waals surface area contributed by atoms with Crippen LogP contribution >= 0.6 is 0 Å². The van der Waals surface area contributed by atoms with E-state index >= 15 is 0 Å². The molecule has 0 spiro atoms. The maximum absolute atomic E-state index is 12.2. The lowest BCUT2D eigenvalue weighted by atomic mass is 10.2. The van der Waals surface area contributed by atoms with Crippen LogP contribution in [0.3, 0.4) is 0 Å². The number of likely N-dealkylation sites (tertiary alicyclic amines) is 1. The molecule has 1 aromatic carbocycles. The summed E-state index contributed by atoms with van der Waals surface area (Å²) in [6, 6.07) is 6.24. The fourth-order valence-corrected chi connectivity index (χ4v) is 2.49. The van der Waals surface area contributed by atoms with E-state index in [1.165, 1.54) is 19.2 Å². The maximum atomic E-state index is 12.2. The lowest BCUT2D eigenvalue weighted by molar-refractivity contribution is -0.133. The topological polar surface area (TPSA) is 72.9 Å². The van der Waals surface area contributed by atoms with E-state index in [0.717, 1.165) is 11.2 Å². The number of amides is 1. The molecule has 110 valence electrons. The number of carbonyl (C=O) groups excluding carboxylic acids is 1. The fraction of sp³-hybridized carbons (Fsp3) is 0.462. The van der Waals surface area contributed by atoms with E-state index in [1.807, 2.05) is 0 Å². The van der Waals surface area contributed by atoms with Crippen LogP contribution in [0.5, 0.6) is 5.75 Å². The van der Waals surface area contributed by atoms with Crippen molar-refractivity contribution in [2.75, 3.05) is 19.9 Å². The van der Waals surface area contributed by atoms with Crippen molar-refractivity contribution in [1.82, 2.24) is 4.90 Å². The Morgan fingerprint density at radius 1 is 1.40 bits per heavy atom. The molecule has 1 amide bonds. The molecule has 1 saturated heterocycles. The summed E-state index contributed by atoms with van der Waals surface area (Å²) in [6.07, 6.45) is -0.175. The summed E-state index contributed by atoms with van der Waals surface area (Å²) in [5, 5.41) is 0. The number of carbonyl (C=O) groups is 1. The van der Waals surface area contributed by atoms with Crippen LogP contribution in [0.25, 0.3) is 0 Å². The highest BCUT2D eigenvalue weighted by molar-refractivity contribution is 7.86. The van der Waals surface area contributed by atoms with Crippen LogP contribution in [0.15, 0.2) is 24.3 Å². The van der Waals surface area contributed by atoms with Crippen LogP contribution in [0.1, 0.15) is 14.7 Å². The van der Waals surface area contributed by atoms with Gasteiger partial charge in [0.05, 0.1) is 16.1 Å². The van der Waals surface area contributed by atoms with E-state index < -0.39 is 28.6 Å². The first-order valence-corrected chi connectivity index (χ1v) is 7.81. The van der Waals surface area contributed by atoms with Gasteiger partial charge >= 0.3 is 0 Å². The van der Waals surface area contributed by atoms with Crippen LogP contribution < -0.4 is 4.74 Å². The smallest absolute Gasteiger partial charge is 0.265 e. The minimum Gasteiger partial charge on any atom is -0.497 e. The fourth-order valence-electron chi connectivity index (χ4n) is 1.89. The second-order valence-electron chi connectivity index (χ2n) is 4.41. The SMILES string of the molecule is [2H]C([2H])(c1ccc(OC)cc1)N1CC[C@H](OS(C)(=O)=O)C1=O. The quantitative estimate of drug-likeness (QED) is 0.751. The average molecular weight is 301 g/mol. The predicted molar refractivity (Wildman–Crippen MR) is 72.7 cm³/mol. The highest BCUT2D eigenvalue weighted by Gasteiger charge is 2.34. The Morgan fingerprint density at radius 3 is 2.60 bits per heavy atom. The maximum Gasteiger partial charge on any atom is 0.265 e. The van der Waals surface area contributed by atoms with Gasteiger partial charge < -0.3 is 9.64 Å². The van der Waals surface area contributed by atoms with E-state index in [4.69, 9.17) is 11.7 Å². The van der Waals surface area contributed by atoms with Gasteiger partial charge in [-0.3, -0.25) is 8.98 Å². The molecule has 0 aromatic heterocycles. The number of hydrogen-bond acceptors (Lipinski definition) is 5. The summed E-state index contributed by atoms with van der Waals surface area (Å²) in [6.45, 7) is -1.98. The third-order valence-electron chi connectivity index (χ3n) is 2.80. The Bertz CT molecular complexity index is 660. The van der Waals surface area contributed by atoms with Gasteiger partial charge in [-0.2, -0.15) is 8.42 Å². The zero-order valence-electron chi connectivity index (χ0n) is 13.2. The number of hydrogen-bond donors (Lipinski definition) is 0. The molecule has 1 aromatic rings. The molecule has 7 heteroatoms. The first-order chi connectivity index (χ1) is 10.1. The Balaban J connectivity index is 2.20. The number of ether oxygens (including phenoxy) is 1. The molecule has 0 saturated carbocycles. The van der Waals surface area contributed by atoms with Crippen molar-refractivity contribution in [3.8, 4) is 5.75 Å². The van der Waals surface area contributed by atoms with Gasteiger partial charge in [0, 0.05) is 19.5 Å². The summed E-state index contributed by atoms with van der Waals surface area (Å²) >= 11 is 0. The molecule has 0 aliphatic carbocycles. The van der Waals surface area contributed by atoms with Gasteiger partial charge in [-0.25, -0.2) is 0 Å². The van der Waals surface area contributed by atoms with Gasteiger partial charge in [-0.15, -0.1) is 0 Å². The van der Waals surface area contributed by atoms with Crippen LogP contribution in [-0.4, -0.2) is 45.2 Å². The zero-order valence-corrected chi connectivity index (χ0v) is 12.0. The first-order valence-electron chi connectivity index (χ1n) is 6.99. The van der Waals surface area contributed by atoms with Crippen LogP contribution in [0.2, 0.25) is 0 Å². The van der Waals surface area contributed by atoms with Gasteiger partial charge in [0.1, 0.15) is 5.75 Å².